The van der Waals surface area contributed by atoms with Gasteiger partial charge >= 0.3 is 5.97 Å². The van der Waals surface area contributed by atoms with E-state index in [1.54, 1.807) is 32.2 Å². The summed E-state index contributed by atoms with van der Waals surface area (Å²) in [5.41, 5.74) is 4.25. The van der Waals surface area contributed by atoms with E-state index >= 15 is 0 Å². The molecular weight excluding hydrogens is 450 g/mol. The number of anilines is 1. The van der Waals surface area contributed by atoms with Gasteiger partial charge in [0.2, 0.25) is 0 Å². The van der Waals surface area contributed by atoms with Crippen LogP contribution in [0.4, 0.5) is 5.82 Å². The maximum Gasteiger partial charge on any atom is 0.326 e. The van der Waals surface area contributed by atoms with Crippen molar-refractivity contribution >= 4 is 31.2 Å². The number of rotatable bonds is 9. The quantitative estimate of drug-likeness (QED) is 0.412. The van der Waals surface area contributed by atoms with Gasteiger partial charge in [-0.1, -0.05) is 49.7 Å². The Morgan fingerprint density at radius 1 is 1.06 bits per heavy atom. The molecule has 3 rings (SSSR count). The van der Waals surface area contributed by atoms with Crippen LogP contribution in [0.3, 0.4) is 0 Å². The van der Waals surface area contributed by atoms with E-state index in [1.807, 2.05) is 24.3 Å². The second-order valence-corrected chi connectivity index (χ2v) is 8.22. The average Bonchev–Trinajstić information content (AvgIpc) is 2.80. The lowest BCUT2D eigenvalue weighted by Crippen LogP contribution is -2.44. The molecule has 0 fully saturated rings. The number of carboxylic acids is 1. The molecule has 1 aromatic heterocycles. The van der Waals surface area contributed by atoms with Crippen molar-refractivity contribution in [3.8, 4) is 16.9 Å². The summed E-state index contributed by atoms with van der Waals surface area (Å²) in [5, 5.41) is 15.3. The Balaban J connectivity index is 0.00000408. The van der Waals surface area contributed by atoms with Crippen LogP contribution in [0.15, 0.2) is 60.8 Å². The summed E-state index contributed by atoms with van der Waals surface area (Å²) < 4.78 is 5.33. The summed E-state index contributed by atoms with van der Waals surface area (Å²) in [5.74, 6) is -0.725. The average molecular weight is 482 g/mol. The lowest BCUT2D eigenvalue weighted by molar-refractivity contribution is -0.140. The summed E-state index contributed by atoms with van der Waals surface area (Å²) in [7, 11) is 1.47. The third-order valence-electron chi connectivity index (χ3n) is 5.32. The maximum atomic E-state index is 12.8. The fourth-order valence-corrected chi connectivity index (χ4v) is 3.48. The summed E-state index contributed by atoms with van der Waals surface area (Å²) in [6, 6.07) is 16.3. The van der Waals surface area contributed by atoms with E-state index in [9.17, 15) is 14.7 Å². The molecule has 0 bridgehead atoms. The minimum Gasteiger partial charge on any atom is -0.496 e. The Bertz CT molecular complexity index is 1130. The monoisotopic (exact) mass is 481 g/mol. The van der Waals surface area contributed by atoms with E-state index in [4.69, 9.17) is 4.74 Å². The van der Waals surface area contributed by atoms with Crippen LogP contribution in [0.5, 0.6) is 5.75 Å². The van der Waals surface area contributed by atoms with Crippen molar-refractivity contribution < 1.29 is 19.4 Å². The summed E-state index contributed by atoms with van der Waals surface area (Å²) in [6.45, 7) is 6.21. The second kappa shape index (κ2) is 12.1. The minimum absolute atomic E-state index is 0. The molecule has 1 amide bonds. The molecule has 2 aromatic carbocycles. The van der Waals surface area contributed by atoms with Gasteiger partial charge in [-0.3, -0.25) is 4.79 Å². The number of carbonyl (C=O) groups excluding carboxylic acids is 1. The predicted molar refractivity (Wildman–Crippen MR) is 139 cm³/mol. The van der Waals surface area contributed by atoms with Crippen LogP contribution in [0.2, 0.25) is 0 Å². The second-order valence-electron chi connectivity index (χ2n) is 8.22. The molecule has 8 heteroatoms. The number of benzene rings is 2. The molecule has 0 unspecified atom stereocenters. The van der Waals surface area contributed by atoms with Gasteiger partial charge in [0, 0.05) is 18.3 Å². The van der Waals surface area contributed by atoms with Crippen LogP contribution in [0.1, 0.15) is 35.3 Å². The van der Waals surface area contributed by atoms with Gasteiger partial charge in [-0.2, -0.15) is 13.5 Å². The molecule has 0 spiro atoms. The smallest absolute Gasteiger partial charge is 0.326 e. The highest BCUT2D eigenvalue weighted by molar-refractivity contribution is 7.59. The van der Waals surface area contributed by atoms with Crippen molar-refractivity contribution in [2.45, 2.75) is 33.4 Å². The topological polar surface area (TPSA) is 101 Å². The zero-order chi connectivity index (χ0) is 24.0. The number of carbonyl (C=O) groups is 2. The number of amides is 1. The lowest BCUT2D eigenvalue weighted by atomic mass is 10.0. The molecular formula is C26H31N3O4S. The molecule has 0 aliphatic heterocycles. The first-order chi connectivity index (χ1) is 15.8. The Labute approximate surface area is 207 Å². The summed E-state index contributed by atoms with van der Waals surface area (Å²) in [4.78, 5) is 28.8. The number of methoxy groups -OCH3 is 1. The Morgan fingerprint density at radius 3 is 2.38 bits per heavy atom. The molecule has 0 radical (unpaired) electrons. The first-order valence-electron chi connectivity index (χ1n) is 10.8. The molecule has 0 saturated carbocycles. The number of hydrogen-bond acceptors (Lipinski definition) is 5. The van der Waals surface area contributed by atoms with Gasteiger partial charge in [0.1, 0.15) is 17.6 Å². The number of pyridine rings is 1. The minimum atomic E-state index is -1.08. The van der Waals surface area contributed by atoms with Crippen LogP contribution in [-0.2, 0) is 11.3 Å². The van der Waals surface area contributed by atoms with Crippen molar-refractivity contribution in [2.24, 2.45) is 5.92 Å². The fraction of sp³-hybridized carbons (Fsp3) is 0.269. The third kappa shape index (κ3) is 6.74. The first-order valence-corrected chi connectivity index (χ1v) is 10.8. The number of aromatic nitrogens is 1. The first kappa shape index (κ1) is 26.7. The highest BCUT2D eigenvalue weighted by Crippen LogP contribution is 2.27. The van der Waals surface area contributed by atoms with Gasteiger partial charge in [0.05, 0.1) is 12.7 Å². The highest BCUT2D eigenvalue weighted by atomic mass is 32.1. The Kier molecular flexibility index (Phi) is 9.50. The van der Waals surface area contributed by atoms with Crippen LogP contribution in [0, 0.1) is 12.8 Å². The van der Waals surface area contributed by atoms with Crippen LogP contribution in [-0.4, -0.2) is 35.1 Å². The summed E-state index contributed by atoms with van der Waals surface area (Å²) in [6.07, 6.45) is 1.73. The molecule has 1 atom stereocenters. The van der Waals surface area contributed by atoms with E-state index in [0.29, 0.717) is 12.3 Å². The number of hydrogen-bond donors (Lipinski definition) is 3. The summed E-state index contributed by atoms with van der Waals surface area (Å²) >= 11 is 0. The van der Waals surface area contributed by atoms with E-state index in [-0.39, 0.29) is 25.0 Å². The van der Waals surface area contributed by atoms with Crippen molar-refractivity contribution in [2.75, 3.05) is 12.4 Å². The molecule has 3 aromatic rings. The van der Waals surface area contributed by atoms with Gasteiger partial charge in [0.25, 0.3) is 5.91 Å². The van der Waals surface area contributed by atoms with Gasteiger partial charge in [-0.25, -0.2) is 9.78 Å². The van der Waals surface area contributed by atoms with Crippen molar-refractivity contribution in [3.05, 3.63) is 77.5 Å². The molecule has 7 nitrogen and oxygen atoms in total. The fourth-order valence-electron chi connectivity index (χ4n) is 3.48. The molecule has 0 aliphatic rings. The van der Waals surface area contributed by atoms with E-state index in [0.717, 1.165) is 16.9 Å². The van der Waals surface area contributed by atoms with Crippen molar-refractivity contribution in [3.63, 3.8) is 0 Å². The number of nitrogens with zero attached hydrogens (tertiary/aromatic N) is 1. The number of nitrogens with one attached hydrogen (secondary N) is 2. The van der Waals surface area contributed by atoms with Crippen LogP contribution >= 0.6 is 13.5 Å². The van der Waals surface area contributed by atoms with E-state index < -0.39 is 17.9 Å². The van der Waals surface area contributed by atoms with E-state index in [1.165, 1.54) is 18.2 Å². The zero-order valence-electron chi connectivity index (χ0n) is 19.8. The third-order valence-corrected chi connectivity index (χ3v) is 5.32. The number of aliphatic carboxylic acids is 1. The largest absolute Gasteiger partial charge is 0.496 e. The van der Waals surface area contributed by atoms with E-state index in [2.05, 4.69) is 40.7 Å². The normalized spacial score (nSPS) is 11.3. The Hall–Kier alpha value is -3.52. The number of carboxylic acid groups (broad SMARTS) is 1. The van der Waals surface area contributed by atoms with Crippen LogP contribution < -0.4 is 15.4 Å². The molecule has 34 heavy (non-hydrogen) atoms. The number of ether oxygens (including phenoxy) is 1. The van der Waals surface area contributed by atoms with Crippen molar-refractivity contribution in [1.82, 2.24) is 10.3 Å². The van der Waals surface area contributed by atoms with Gasteiger partial charge in [-0.15, -0.1) is 0 Å². The van der Waals surface area contributed by atoms with Crippen LogP contribution in [0.25, 0.3) is 11.1 Å². The Morgan fingerprint density at radius 2 is 1.79 bits per heavy atom. The zero-order valence-corrected chi connectivity index (χ0v) is 20.8. The molecule has 0 saturated heterocycles. The van der Waals surface area contributed by atoms with Gasteiger partial charge in [0.15, 0.2) is 0 Å². The molecule has 1 heterocycles. The highest BCUT2D eigenvalue weighted by Gasteiger charge is 2.25. The SMILES string of the molecule is COc1ccc(-c2ccc(NCc3cccc(C)c3)nc2)cc1C(=O)N[C@H](C(=O)O)C(C)C.S. The lowest BCUT2D eigenvalue weighted by Gasteiger charge is -2.19. The van der Waals surface area contributed by atoms with Crippen molar-refractivity contribution in [1.29, 1.82) is 0 Å². The molecule has 180 valence electrons. The molecule has 0 aliphatic carbocycles. The standard InChI is InChI=1S/C26H29N3O4.H2S/c1-16(2)24(26(31)32)29-25(30)21-13-19(8-10-22(21)33-4)20-9-11-23(28-15-20)27-14-18-7-5-6-17(3)12-18;/h5-13,15-16,24H,14H2,1-4H3,(H,27,28)(H,29,30)(H,31,32);1H2/t24-;/m0./s1. The molecule has 3 N–H and O–H groups in total. The predicted octanol–water partition coefficient (Wildman–Crippen LogP) is 4.63. The maximum absolute atomic E-state index is 12.8. The van der Waals surface area contributed by atoms with Gasteiger partial charge < -0.3 is 20.5 Å². The number of aryl methyl sites for hydroxylation is 1. The van der Waals surface area contributed by atoms with Gasteiger partial charge in [-0.05, 0) is 48.2 Å².